The van der Waals surface area contributed by atoms with Crippen LogP contribution >= 0.6 is 0 Å². The van der Waals surface area contributed by atoms with E-state index in [-0.39, 0.29) is 11.8 Å². The third-order valence-electron chi connectivity index (χ3n) is 5.28. The largest absolute Gasteiger partial charge is 0.393 e. The van der Waals surface area contributed by atoms with Crippen LogP contribution in [0.15, 0.2) is 36.9 Å². The van der Waals surface area contributed by atoms with Crippen molar-refractivity contribution in [2.45, 2.75) is 25.6 Å². The summed E-state index contributed by atoms with van der Waals surface area (Å²) in [6.45, 7) is 1.39. The molecular formula is C20H19F4N7O. The highest BCUT2D eigenvalue weighted by atomic mass is 19.4. The van der Waals surface area contributed by atoms with E-state index in [9.17, 15) is 22.4 Å². The summed E-state index contributed by atoms with van der Waals surface area (Å²) in [6.07, 6.45) is -1.44. The van der Waals surface area contributed by atoms with Gasteiger partial charge in [0, 0.05) is 24.8 Å². The molecule has 0 bridgehead atoms. The highest BCUT2D eigenvalue weighted by Crippen LogP contribution is 2.38. The molecule has 0 radical (unpaired) electrons. The molecule has 1 saturated heterocycles. The summed E-state index contributed by atoms with van der Waals surface area (Å²) >= 11 is 0. The number of nitrogens with zero attached hydrogens (tertiary/aromatic N) is 6. The van der Waals surface area contributed by atoms with Gasteiger partial charge < -0.3 is 10.2 Å². The van der Waals surface area contributed by atoms with Crippen molar-refractivity contribution >= 4 is 17.5 Å². The number of alkyl halides is 3. The zero-order chi connectivity index (χ0) is 23.0. The molecule has 1 aromatic carbocycles. The number of amides is 1. The lowest BCUT2D eigenvalue weighted by Gasteiger charge is -2.22. The number of nitrogens with one attached hydrogen (secondary N) is 1. The van der Waals surface area contributed by atoms with Crippen LogP contribution in [0.25, 0.3) is 11.4 Å². The van der Waals surface area contributed by atoms with E-state index in [1.54, 1.807) is 32.2 Å². The molecule has 0 spiro atoms. The van der Waals surface area contributed by atoms with E-state index in [4.69, 9.17) is 0 Å². The SMILES string of the molecule is Cc1ccc(NC(=O)[C@H]2C[C@H](C(F)(F)F)CN2c2ncn(C)n2)cc1-c1ncc(F)cn1. The van der Waals surface area contributed by atoms with E-state index in [0.29, 0.717) is 11.3 Å². The maximum atomic E-state index is 13.4. The van der Waals surface area contributed by atoms with Crippen LogP contribution in [0.5, 0.6) is 0 Å². The summed E-state index contributed by atoms with van der Waals surface area (Å²) in [6, 6.07) is 3.83. The van der Waals surface area contributed by atoms with Gasteiger partial charge in [0.15, 0.2) is 11.6 Å². The van der Waals surface area contributed by atoms with E-state index < -0.39 is 42.8 Å². The maximum absolute atomic E-state index is 13.4. The van der Waals surface area contributed by atoms with Crippen molar-refractivity contribution in [1.29, 1.82) is 0 Å². The first-order chi connectivity index (χ1) is 15.1. The van der Waals surface area contributed by atoms with Crippen LogP contribution in [0.4, 0.5) is 29.2 Å². The Morgan fingerprint density at radius 2 is 1.91 bits per heavy atom. The summed E-state index contributed by atoms with van der Waals surface area (Å²) in [7, 11) is 1.59. The smallest absolute Gasteiger partial charge is 0.327 e. The number of hydrogen-bond acceptors (Lipinski definition) is 6. The number of carbonyl (C=O) groups is 1. The van der Waals surface area contributed by atoms with Crippen molar-refractivity contribution < 1.29 is 22.4 Å². The Morgan fingerprint density at radius 1 is 1.19 bits per heavy atom. The Morgan fingerprint density at radius 3 is 2.53 bits per heavy atom. The fraction of sp³-hybridized carbons (Fsp3) is 0.350. The molecule has 1 amide bonds. The minimum atomic E-state index is -4.45. The van der Waals surface area contributed by atoms with Gasteiger partial charge in [-0.25, -0.2) is 19.3 Å². The predicted octanol–water partition coefficient (Wildman–Crippen LogP) is 3.12. The Hall–Kier alpha value is -3.57. The van der Waals surface area contributed by atoms with Gasteiger partial charge in [-0.3, -0.25) is 9.48 Å². The summed E-state index contributed by atoms with van der Waals surface area (Å²) in [5, 5.41) is 6.73. The molecule has 0 aliphatic carbocycles. The molecule has 4 rings (SSSR count). The zero-order valence-corrected chi connectivity index (χ0v) is 17.1. The molecule has 3 heterocycles. The number of carbonyl (C=O) groups excluding carboxylic acids is 1. The second-order valence-electron chi connectivity index (χ2n) is 7.60. The number of hydrogen-bond donors (Lipinski definition) is 1. The van der Waals surface area contributed by atoms with Crippen molar-refractivity contribution in [2.75, 3.05) is 16.8 Å². The molecule has 8 nitrogen and oxygen atoms in total. The number of anilines is 2. The average molecular weight is 449 g/mol. The third kappa shape index (κ3) is 4.39. The van der Waals surface area contributed by atoms with Crippen molar-refractivity contribution in [3.05, 3.63) is 48.3 Å². The normalized spacial score (nSPS) is 18.8. The van der Waals surface area contributed by atoms with Crippen molar-refractivity contribution in [3.63, 3.8) is 0 Å². The first-order valence-electron chi connectivity index (χ1n) is 9.70. The van der Waals surface area contributed by atoms with Gasteiger partial charge >= 0.3 is 6.18 Å². The highest BCUT2D eigenvalue weighted by molar-refractivity contribution is 5.97. The predicted molar refractivity (Wildman–Crippen MR) is 107 cm³/mol. The molecule has 3 aromatic rings. The third-order valence-corrected chi connectivity index (χ3v) is 5.28. The van der Waals surface area contributed by atoms with Gasteiger partial charge in [0.05, 0.1) is 18.3 Å². The van der Waals surface area contributed by atoms with Crippen LogP contribution in [0.1, 0.15) is 12.0 Å². The minimum absolute atomic E-state index is 0.0590. The van der Waals surface area contributed by atoms with Crippen LogP contribution in [0.3, 0.4) is 0 Å². The number of aromatic nitrogens is 5. The molecule has 168 valence electrons. The van der Waals surface area contributed by atoms with E-state index >= 15 is 0 Å². The molecule has 2 aromatic heterocycles. The molecule has 32 heavy (non-hydrogen) atoms. The lowest BCUT2D eigenvalue weighted by Crippen LogP contribution is -2.40. The highest BCUT2D eigenvalue weighted by Gasteiger charge is 2.50. The number of aryl methyl sites for hydroxylation is 2. The van der Waals surface area contributed by atoms with Gasteiger partial charge in [0.25, 0.3) is 0 Å². The second kappa shape index (κ2) is 8.17. The van der Waals surface area contributed by atoms with E-state index in [0.717, 1.165) is 18.0 Å². The average Bonchev–Trinajstić information content (AvgIpc) is 3.36. The van der Waals surface area contributed by atoms with Gasteiger partial charge in [-0.15, -0.1) is 5.10 Å². The lowest BCUT2D eigenvalue weighted by atomic mass is 10.0. The van der Waals surface area contributed by atoms with Crippen LogP contribution in [0, 0.1) is 18.7 Å². The maximum Gasteiger partial charge on any atom is 0.393 e. The van der Waals surface area contributed by atoms with Crippen molar-refractivity contribution in [3.8, 4) is 11.4 Å². The molecule has 0 saturated carbocycles. The summed E-state index contributed by atoms with van der Waals surface area (Å²) in [5.41, 5.74) is 1.70. The molecule has 12 heteroatoms. The van der Waals surface area contributed by atoms with Crippen molar-refractivity contribution in [1.82, 2.24) is 24.7 Å². The Balaban J connectivity index is 1.59. The summed E-state index contributed by atoms with van der Waals surface area (Å²) in [4.78, 5) is 26.2. The van der Waals surface area contributed by atoms with Gasteiger partial charge in [0.2, 0.25) is 11.9 Å². The molecule has 1 fully saturated rings. The fourth-order valence-corrected chi connectivity index (χ4v) is 3.62. The molecular weight excluding hydrogens is 430 g/mol. The van der Waals surface area contributed by atoms with Crippen LogP contribution in [0.2, 0.25) is 0 Å². The first-order valence-corrected chi connectivity index (χ1v) is 9.70. The monoisotopic (exact) mass is 449 g/mol. The van der Waals surface area contributed by atoms with Gasteiger partial charge in [-0.2, -0.15) is 13.2 Å². The Labute approximate surface area is 180 Å². The minimum Gasteiger partial charge on any atom is -0.327 e. The lowest BCUT2D eigenvalue weighted by molar-refractivity contribution is -0.168. The standard InChI is InChI=1S/C20H19F4N7O/c1-11-3-4-14(6-15(11)17-25-7-13(21)8-26-17)28-18(32)16-5-12(20(22,23)24)9-31(16)19-27-10-30(2)29-19/h3-4,6-8,10,12,16H,5,9H2,1-2H3,(H,28,32)/t12-,16+/m0/s1. The summed E-state index contributed by atoms with van der Waals surface area (Å²) in [5.74, 6) is -2.55. The summed E-state index contributed by atoms with van der Waals surface area (Å²) < 4.78 is 54.7. The van der Waals surface area contributed by atoms with Gasteiger partial charge in [0.1, 0.15) is 12.4 Å². The fourth-order valence-electron chi connectivity index (χ4n) is 3.62. The number of benzene rings is 1. The van der Waals surface area contributed by atoms with Crippen LogP contribution in [-0.2, 0) is 11.8 Å². The molecule has 1 aliphatic rings. The zero-order valence-electron chi connectivity index (χ0n) is 17.1. The van der Waals surface area contributed by atoms with E-state index in [1.165, 1.54) is 15.9 Å². The molecule has 1 N–H and O–H groups in total. The van der Waals surface area contributed by atoms with Gasteiger partial charge in [-0.1, -0.05) is 6.07 Å². The van der Waals surface area contributed by atoms with Crippen LogP contribution < -0.4 is 10.2 Å². The number of rotatable bonds is 4. The Bertz CT molecular complexity index is 1130. The second-order valence-corrected chi connectivity index (χ2v) is 7.60. The Kier molecular flexibility index (Phi) is 5.53. The van der Waals surface area contributed by atoms with E-state index in [2.05, 4.69) is 25.4 Å². The molecule has 0 unspecified atom stereocenters. The quantitative estimate of drug-likeness (QED) is 0.616. The molecule has 2 atom stereocenters. The topological polar surface area (TPSA) is 88.8 Å². The van der Waals surface area contributed by atoms with Crippen molar-refractivity contribution in [2.24, 2.45) is 13.0 Å². The first kappa shape index (κ1) is 21.7. The number of halogens is 4. The van der Waals surface area contributed by atoms with Gasteiger partial charge in [-0.05, 0) is 31.0 Å². The van der Waals surface area contributed by atoms with Crippen LogP contribution in [-0.4, -0.2) is 49.4 Å². The van der Waals surface area contributed by atoms with E-state index in [1.807, 2.05) is 0 Å². The molecule has 1 aliphatic heterocycles.